The molecule has 0 unspecified atom stereocenters. The van der Waals surface area contributed by atoms with Gasteiger partial charge in [0.25, 0.3) is 0 Å². The highest BCUT2D eigenvalue weighted by molar-refractivity contribution is 5.58. The molecule has 0 aliphatic rings. The predicted octanol–water partition coefficient (Wildman–Crippen LogP) is 2.80. The smallest absolute Gasteiger partial charge is 0.230 e. The fourth-order valence-corrected chi connectivity index (χ4v) is 2.14. The Balaban J connectivity index is 2.15. The second-order valence-corrected chi connectivity index (χ2v) is 5.58. The third-order valence-corrected chi connectivity index (χ3v) is 3.46. The Morgan fingerprint density at radius 1 is 1.19 bits per heavy atom. The maximum absolute atomic E-state index is 5.13. The van der Waals surface area contributed by atoms with E-state index in [1.54, 1.807) is 19.4 Å². The number of anilines is 3. The minimum atomic E-state index is 0.463. The van der Waals surface area contributed by atoms with Crippen molar-refractivity contribution in [3.8, 4) is 17.7 Å². The fraction of sp³-hybridized carbons (Fsp3) is 0.421. The molecule has 0 aliphatic carbocycles. The maximum atomic E-state index is 5.13. The number of nitrogens with one attached hydrogen (secondary N) is 3. The van der Waals surface area contributed by atoms with E-state index in [4.69, 9.17) is 4.74 Å². The van der Waals surface area contributed by atoms with Crippen LogP contribution in [0, 0.1) is 11.8 Å². The number of pyridine rings is 1. The van der Waals surface area contributed by atoms with Gasteiger partial charge in [0.2, 0.25) is 11.8 Å². The molecule has 0 radical (unpaired) electrons. The summed E-state index contributed by atoms with van der Waals surface area (Å²) in [4.78, 5) is 13.2. The first-order chi connectivity index (χ1) is 12.8. The van der Waals surface area contributed by atoms with Crippen LogP contribution in [0.1, 0.15) is 31.7 Å². The van der Waals surface area contributed by atoms with E-state index >= 15 is 0 Å². The Kier molecular flexibility index (Phi) is 8.16. The first-order valence-electron chi connectivity index (χ1n) is 8.79. The lowest BCUT2D eigenvalue weighted by Crippen LogP contribution is -2.08. The zero-order valence-corrected chi connectivity index (χ0v) is 15.6. The molecule has 0 saturated heterocycles. The first kappa shape index (κ1) is 19.5. The van der Waals surface area contributed by atoms with Crippen molar-refractivity contribution in [1.82, 2.24) is 20.3 Å². The molecular formula is C19H26N6O. The highest BCUT2D eigenvalue weighted by Crippen LogP contribution is 2.17. The highest BCUT2D eigenvalue weighted by Gasteiger charge is 2.06. The summed E-state index contributed by atoms with van der Waals surface area (Å²) in [6, 6.07) is 5.48. The Bertz CT molecular complexity index is 753. The lowest BCUT2D eigenvalue weighted by Gasteiger charge is -2.10. The molecule has 0 spiro atoms. The number of hydrogen-bond acceptors (Lipinski definition) is 7. The molecule has 2 heterocycles. The maximum Gasteiger partial charge on any atom is 0.230 e. The summed E-state index contributed by atoms with van der Waals surface area (Å²) < 4.78 is 5.13. The van der Waals surface area contributed by atoms with Gasteiger partial charge in [0.15, 0.2) is 0 Å². The zero-order chi connectivity index (χ0) is 18.6. The van der Waals surface area contributed by atoms with E-state index in [1.165, 1.54) is 0 Å². The molecule has 0 bridgehead atoms. The van der Waals surface area contributed by atoms with Crippen LogP contribution in [0.2, 0.25) is 0 Å². The number of methoxy groups -OCH3 is 1. The summed E-state index contributed by atoms with van der Waals surface area (Å²) in [6.07, 6.45) is 4.59. The van der Waals surface area contributed by atoms with Gasteiger partial charge in [-0.15, -0.1) is 0 Å². The van der Waals surface area contributed by atoms with Crippen LogP contribution in [0.25, 0.3) is 0 Å². The molecule has 2 aromatic rings. The van der Waals surface area contributed by atoms with Crippen molar-refractivity contribution in [1.29, 1.82) is 0 Å². The quantitative estimate of drug-likeness (QED) is 0.472. The van der Waals surface area contributed by atoms with Crippen LogP contribution < -0.4 is 20.7 Å². The molecule has 0 atom stereocenters. The van der Waals surface area contributed by atoms with E-state index in [-0.39, 0.29) is 0 Å². The molecule has 2 aromatic heterocycles. The lowest BCUT2D eigenvalue weighted by atomic mass is 10.2. The lowest BCUT2D eigenvalue weighted by molar-refractivity contribution is 0.398. The van der Waals surface area contributed by atoms with E-state index in [0.29, 0.717) is 17.6 Å². The molecule has 26 heavy (non-hydrogen) atoms. The van der Waals surface area contributed by atoms with Crippen molar-refractivity contribution in [3.05, 3.63) is 30.0 Å². The molecule has 138 valence electrons. The number of nitrogens with zero attached hydrogens (tertiary/aromatic N) is 3. The van der Waals surface area contributed by atoms with Crippen molar-refractivity contribution in [2.75, 3.05) is 37.9 Å². The molecule has 2 rings (SSSR count). The predicted molar refractivity (Wildman–Crippen MR) is 105 cm³/mol. The second-order valence-electron chi connectivity index (χ2n) is 5.58. The van der Waals surface area contributed by atoms with Crippen molar-refractivity contribution < 1.29 is 4.74 Å². The van der Waals surface area contributed by atoms with Crippen LogP contribution in [-0.4, -0.2) is 42.2 Å². The summed E-state index contributed by atoms with van der Waals surface area (Å²) in [5, 5.41) is 9.53. The highest BCUT2D eigenvalue weighted by atomic mass is 16.5. The van der Waals surface area contributed by atoms with Gasteiger partial charge in [-0.3, -0.25) is 0 Å². The van der Waals surface area contributed by atoms with Crippen molar-refractivity contribution >= 4 is 17.6 Å². The van der Waals surface area contributed by atoms with Gasteiger partial charge in [-0.25, -0.2) is 4.98 Å². The number of hydrogen-bond donors (Lipinski definition) is 3. The Hall–Kier alpha value is -2.85. The summed E-state index contributed by atoms with van der Waals surface area (Å²) >= 11 is 0. The molecule has 7 heteroatoms. The van der Waals surface area contributed by atoms with E-state index < -0.39 is 0 Å². The Morgan fingerprint density at radius 2 is 2.08 bits per heavy atom. The van der Waals surface area contributed by atoms with Gasteiger partial charge in [0, 0.05) is 19.0 Å². The largest absolute Gasteiger partial charge is 0.481 e. The molecule has 0 aromatic carbocycles. The molecular weight excluding hydrogens is 328 g/mol. The first-order valence-corrected chi connectivity index (χ1v) is 8.79. The third-order valence-electron chi connectivity index (χ3n) is 3.46. The van der Waals surface area contributed by atoms with Gasteiger partial charge in [0.1, 0.15) is 11.6 Å². The number of ether oxygens (including phenoxy) is 1. The topological polar surface area (TPSA) is 84.0 Å². The van der Waals surface area contributed by atoms with Crippen LogP contribution in [-0.2, 0) is 0 Å². The van der Waals surface area contributed by atoms with E-state index in [0.717, 1.165) is 43.7 Å². The summed E-state index contributed by atoms with van der Waals surface area (Å²) in [5.41, 5.74) is 0.798. The van der Waals surface area contributed by atoms with Gasteiger partial charge >= 0.3 is 0 Å². The number of rotatable bonds is 9. The second kappa shape index (κ2) is 10.9. The Labute approximate surface area is 155 Å². The minimum absolute atomic E-state index is 0.463. The minimum Gasteiger partial charge on any atom is -0.481 e. The summed E-state index contributed by atoms with van der Waals surface area (Å²) in [6.45, 7) is 3.89. The normalized spacial score (nSPS) is 9.96. The SMILES string of the molecule is CCCNc1nc(Nc2cccc(OC)n2)ncc1C#CCCCNC. The van der Waals surface area contributed by atoms with Crippen LogP contribution >= 0.6 is 0 Å². The van der Waals surface area contributed by atoms with Crippen LogP contribution in [0.5, 0.6) is 5.88 Å². The molecule has 7 nitrogen and oxygen atoms in total. The standard InChI is InChI=1S/C19H26N6O/c1-4-12-21-18-15(9-6-5-7-13-20-2)14-22-19(25-18)24-16-10-8-11-17(23-16)26-3/h8,10-11,14,20H,4-5,7,12-13H2,1-3H3,(H2,21,22,23,24,25). The van der Waals surface area contributed by atoms with Gasteiger partial charge in [-0.05, 0) is 32.5 Å². The number of unbranched alkanes of at least 4 members (excludes halogenated alkanes) is 1. The van der Waals surface area contributed by atoms with Crippen LogP contribution in [0.4, 0.5) is 17.6 Å². The molecule has 3 N–H and O–H groups in total. The number of aromatic nitrogens is 3. The van der Waals surface area contributed by atoms with Gasteiger partial charge in [-0.1, -0.05) is 24.8 Å². The summed E-state index contributed by atoms with van der Waals surface area (Å²) in [7, 11) is 3.52. The fourth-order valence-electron chi connectivity index (χ4n) is 2.14. The van der Waals surface area contributed by atoms with E-state index in [9.17, 15) is 0 Å². The van der Waals surface area contributed by atoms with Crippen molar-refractivity contribution in [2.24, 2.45) is 0 Å². The van der Waals surface area contributed by atoms with E-state index in [2.05, 4.69) is 49.7 Å². The van der Waals surface area contributed by atoms with Gasteiger partial charge in [-0.2, -0.15) is 9.97 Å². The monoisotopic (exact) mass is 354 g/mol. The molecule has 0 amide bonds. The summed E-state index contributed by atoms with van der Waals surface area (Å²) in [5.74, 6) is 8.69. The Morgan fingerprint density at radius 3 is 2.85 bits per heavy atom. The van der Waals surface area contributed by atoms with Crippen LogP contribution in [0.3, 0.4) is 0 Å². The third kappa shape index (κ3) is 6.22. The van der Waals surface area contributed by atoms with E-state index in [1.807, 2.05) is 19.2 Å². The van der Waals surface area contributed by atoms with Crippen LogP contribution in [0.15, 0.2) is 24.4 Å². The average molecular weight is 354 g/mol. The van der Waals surface area contributed by atoms with Crippen molar-refractivity contribution in [2.45, 2.75) is 26.2 Å². The molecule has 0 aliphatic heterocycles. The zero-order valence-electron chi connectivity index (χ0n) is 15.6. The van der Waals surface area contributed by atoms with Gasteiger partial charge < -0.3 is 20.7 Å². The molecule has 0 saturated carbocycles. The molecule has 0 fully saturated rings. The van der Waals surface area contributed by atoms with Gasteiger partial charge in [0.05, 0.1) is 18.9 Å². The average Bonchev–Trinajstić information content (AvgIpc) is 2.67. The van der Waals surface area contributed by atoms with Crippen molar-refractivity contribution in [3.63, 3.8) is 0 Å².